The maximum absolute atomic E-state index is 2.65. The summed E-state index contributed by atoms with van der Waals surface area (Å²) in [6, 6.07) is 0. The van der Waals surface area contributed by atoms with E-state index in [2.05, 4.69) is 42.3 Å². The van der Waals surface area contributed by atoms with Crippen molar-refractivity contribution in [2.75, 3.05) is 0 Å². The molecule has 2 heteroatoms. The Bertz CT molecular complexity index is 722. The lowest BCUT2D eigenvalue weighted by molar-refractivity contribution is -0.704. The number of hydrogen-bond acceptors (Lipinski definition) is 0. The van der Waals surface area contributed by atoms with Crippen molar-refractivity contribution in [3.8, 4) is 0 Å². The maximum Gasteiger partial charge on any atom is 0.256 e. The van der Waals surface area contributed by atoms with Gasteiger partial charge in [0.2, 0.25) is 0 Å². The van der Waals surface area contributed by atoms with Gasteiger partial charge in [-0.25, -0.2) is 9.13 Å². The van der Waals surface area contributed by atoms with Gasteiger partial charge in [0.1, 0.15) is 12.4 Å². The number of aryl methyl sites for hydroxylation is 2. The highest BCUT2D eigenvalue weighted by molar-refractivity contribution is 4.84. The molecule has 278 valence electrons. The molecule has 0 aliphatic carbocycles. The number of hydrogen-bond donors (Lipinski definition) is 0. The summed E-state index contributed by atoms with van der Waals surface area (Å²) in [6.07, 6.45) is 57.8. The summed E-state index contributed by atoms with van der Waals surface area (Å²) < 4.78 is 5.29. The Kier molecular flexibility index (Phi) is 34.3. The van der Waals surface area contributed by atoms with Gasteiger partial charge in [0.25, 0.3) is 5.82 Å². The Morgan fingerprint density at radius 1 is 0.362 bits per heavy atom. The molecule has 0 N–H and O–H groups in total. The lowest BCUT2D eigenvalue weighted by atomic mass is 10.0. The summed E-state index contributed by atoms with van der Waals surface area (Å²) in [5.74, 6) is 1.63. The predicted molar refractivity (Wildman–Crippen MR) is 212 cm³/mol. The average Bonchev–Trinajstić information content (AvgIpc) is 3.47. The first-order valence-electron chi connectivity index (χ1n) is 22.4. The second-order valence-electron chi connectivity index (χ2n) is 15.5. The van der Waals surface area contributed by atoms with Gasteiger partial charge in [0, 0.05) is 6.42 Å². The minimum atomic E-state index is 1.23. The number of unbranched alkanes of at least 4 members (excludes halogenated alkanes) is 33. The van der Waals surface area contributed by atoms with E-state index in [1.165, 1.54) is 251 Å². The third-order valence-electron chi connectivity index (χ3n) is 10.8. The van der Waals surface area contributed by atoms with Crippen molar-refractivity contribution < 1.29 is 4.57 Å². The van der Waals surface area contributed by atoms with Crippen LogP contribution in [0.5, 0.6) is 0 Å². The summed E-state index contributed by atoms with van der Waals surface area (Å²) >= 11 is 0. The van der Waals surface area contributed by atoms with Gasteiger partial charge in [0.05, 0.1) is 13.1 Å². The van der Waals surface area contributed by atoms with Gasteiger partial charge in [-0.15, -0.1) is 0 Å². The van der Waals surface area contributed by atoms with Crippen LogP contribution in [0.15, 0.2) is 12.4 Å². The normalized spacial score (nSPS) is 11.6. The molecule has 1 rings (SSSR count). The van der Waals surface area contributed by atoms with Crippen LogP contribution >= 0.6 is 0 Å². The van der Waals surface area contributed by atoms with Crippen molar-refractivity contribution in [2.24, 2.45) is 0 Å². The van der Waals surface area contributed by atoms with Crippen LogP contribution in [0.4, 0.5) is 0 Å². The van der Waals surface area contributed by atoms with Gasteiger partial charge in [-0.2, -0.15) is 0 Å². The molecule has 0 saturated carbocycles. The average molecular weight is 658 g/mol. The molecule has 0 bridgehead atoms. The van der Waals surface area contributed by atoms with Gasteiger partial charge >= 0.3 is 0 Å². The SMILES string of the molecule is CCCCCCCCCCCCCCCC[n+]1ccn(CCCCCCCCCCCCCC)c1CCCCCCCCCCCC. The molecule has 0 atom stereocenters. The lowest BCUT2D eigenvalue weighted by Gasteiger charge is -2.07. The van der Waals surface area contributed by atoms with Crippen molar-refractivity contribution >= 4 is 0 Å². The van der Waals surface area contributed by atoms with E-state index in [1.807, 2.05) is 0 Å². The number of imidazole rings is 1. The highest BCUT2D eigenvalue weighted by Gasteiger charge is 2.16. The van der Waals surface area contributed by atoms with E-state index in [-0.39, 0.29) is 0 Å². The fraction of sp³-hybridized carbons (Fsp3) is 0.933. The molecule has 1 aromatic rings. The monoisotopic (exact) mass is 658 g/mol. The molecule has 0 radical (unpaired) electrons. The predicted octanol–water partition coefficient (Wildman–Crippen LogP) is 15.4. The van der Waals surface area contributed by atoms with Crippen LogP contribution in [-0.4, -0.2) is 4.57 Å². The molecule has 2 nitrogen and oxygen atoms in total. The van der Waals surface area contributed by atoms with Crippen LogP contribution < -0.4 is 4.57 Å². The van der Waals surface area contributed by atoms with Crippen LogP contribution in [0.2, 0.25) is 0 Å². The van der Waals surface area contributed by atoms with E-state index < -0.39 is 0 Å². The summed E-state index contributed by atoms with van der Waals surface area (Å²) in [6.45, 7) is 9.41. The Balaban J connectivity index is 2.27. The molecule has 0 amide bonds. The zero-order valence-electron chi connectivity index (χ0n) is 33.1. The lowest BCUT2D eigenvalue weighted by Crippen LogP contribution is -2.37. The van der Waals surface area contributed by atoms with Crippen molar-refractivity contribution in [1.29, 1.82) is 0 Å². The number of rotatable bonds is 39. The summed E-state index contributed by atoms with van der Waals surface area (Å²) in [5.41, 5.74) is 0. The first kappa shape index (κ1) is 44.2. The third kappa shape index (κ3) is 28.7. The fourth-order valence-corrected chi connectivity index (χ4v) is 7.56. The Hall–Kier alpha value is -0.790. The van der Waals surface area contributed by atoms with E-state index >= 15 is 0 Å². The summed E-state index contributed by atoms with van der Waals surface area (Å²) in [7, 11) is 0. The fourth-order valence-electron chi connectivity index (χ4n) is 7.56. The molecule has 0 fully saturated rings. The van der Waals surface area contributed by atoms with E-state index in [0.29, 0.717) is 0 Å². The van der Waals surface area contributed by atoms with Crippen molar-refractivity contribution in [3.63, 3.8) is 0 Å². The molecule has 0 aromatic carbocycles. The van der Waals surface area contributed by atoms with Crippen LogP contribution in [-0.2, 0) is 19.5 Å². The molecule has 1 aromatic heterocycles. The molecule has 0 saturated heterocycles. The molecule has 0 aliphatic rings. The minimum Gasteiger partial charge on any atom is -0.234 e. The number of nitrogens with zero attached hydrogens (tertiary/aromatic N) is 2. The quantitative estimate of drug-likeness (QED) is 0.0492. The second kappa shape index (κ2) is 36.5. The zero-order chi connectivity index (χ0) is 33.7. The molecule has 0 aliphatic heterocycles. The van der Waals surface area contributed by atoms with Crippen LogP contribution in [0.25, 0.3) is 0 Å². The topological polar surface area (TPSA) is 8.81 Å². The van der Waals surface area contributed by atoms with Gasteiger partial charge < -0.3 is 0 Å². The molecular formula is C45H89N2+. The van der Waals surface area contributed by atoms with Crippen molar-refractivity contribution in [2.45, 2.75) is 271 Å². The first-order chi connectivity index (χ1) is 23.3. The summed E-state index contributed by atoms with van der Waals surface area (Å²) in [4.78, 5) is 0. The summed E-state index contributed by atoms with van der Waals surface area (Å²) in [5, 5.41) is 0. The van der Waals surface area contributed by atoms with E-state index in [0.717, 1.165) is 0 Å². The largest absolute Gasteiger partial charge is 0.256 e. The van der Waals surface area contributed by atoms with Gasteiger partial charge in [-0.1, -0.05) is 220 Å². The van der Waals surface area contributed by atoms with Crippen LogP contribution in [0.3, 0.4) is 0 Å². The zero-order valence-corrected chi connectivity index (χ0v) is 33.1. The second-order valence-corrected chi connectivity index (χ2v) is 15.5. The third-order valence-corrected chi connectivity index (χ3v) is 10.8. The Labute approximate surface area is 298 Å². The van der Waals surface area contributed by atoms with Gasteiger partial charge in [-0.05, 0) is 32.1 Å². The highest BCUT2D eigenvalue weighted by Crippen LogP contribution is 2.16. The van der Waals surface area contributed by atoms with E-state index in [9.17, 15) is 0 Å². The Morgan fingerprint density at radius 2 is 0.660 bits per heavy atom. The van der Waals surface area contributed by atoms with E-state index in [4.69, 9.17) is 0 Å². The van der Waals surface area contributed by atoms with Crippen LogP contribution in [0, 0.1) is 0 Å². The molecular weight excluding hydrogens is 569 g/mol. The van der Waals surface area contributed by atoms with E-state index in [1.54, 1.807) is 5.82 Å². The highest BCUT2D eigenvalue weighted by atomic mass is 15.1. The van der Waals surface area contributed by atoms with Gasteiger partial charge in [0.15, 0.2) is 0 Å². The van der Waals surface area contributed by atoms with Crippen molar-refractivity contribution in [3.05, 3.63) is 18.2 Å². The van der Waals surface area contributed by atoms with Crippen molar-refractivity contribution in [1.82, 2.24) is 4.57 Å². The molecule has 0 spiro atoms. The molecule has 47 heavy (non-hydrogen) atoms. The first-order valence-corrected chi connectivity index (χ1v) is 22.4. The molecule has 1 heterocycles. The smallest absolute Gasteiger partial charge is 0.234 e. The Morgan fingerprint density at radius 3 is 1.02 bits per heavy atom. The standard InChI is InChI=1S/C45H89N2/c1-4-7-10-13-16-19-22-24-25-27-30-33-36-39-42-47-44-43-46(41-38-35-32-29-26-23-20-17-14-11-8-5-2)45(47)40-37-34-31-28-21-18-15-12-9-6-3/h43-44H,4-42H2,1-3H3/q+1. The van der Waals surface area contributed by atoms with Gasteiger partial charge in [-0.3, -0.25) is 0 Å². The number of aromatic nitrogens is 2. The van der Waals surface area contributed by atoms with Crippen LogP contribution in [0.1, 0.15) is 258 Å². The molecule has 0 unspecified atom stereocenters. The maximum atomic E-state index is 2.65. The minimum absolute atomic E-state index is 1.23.